The highest BCUT2D eigenvalue weighted by atomic mass is 35.5. The molecule has 0 aromatic heterocycles. The van der Waals surface area contributed by atoms with Gasteiger partial charge in [0.2, 0.25) is 5.91 Å². The third kappa shape index (κ3) is 4.32. The van der Waals surface area contributed by atoms with Crippen LogP contribution in [0.3, 0.4) is 0 Å². The molecule has 2 amide bonds. The highest BCUT2D eigenvalue weighted by Crippen LogP contribution is 2.42. The van der Waals surface area contributed by atoms with Crippen molar-refractivity contribution >= 4 is 52.2 Å². The maximum absolute atomic E-state index is 12.6. The zero-order valence-corrected chi connectivity index (χ0v) is 18.5. The standard InChI is InChI=1S/C23H18ClN3O4S/c1-14-4-2-3-5-20(14)26-21(28)13-32-23(26)15-6-8-16(9-7-15)25-22(29)18-11-10-17(27(30)31)12-19(18)24/h2-12,23H,13H2,1H3,(H,25,29)/t23-/m0/s1. The van der Waals surface area contributed by atoms with E-state index in [4.69, 9.17) is 11.6 Å². The molecule has 1 atom stereocenters. The molecule has 4 rings (SSSR count). The van der Waals surface area contributed by atoms with Crippen molar-refractivity contribution in [3.8, 4) is 0 Å². The number of nitrogens with zero attached hydrogens (tertiary/aromatic N) is 2. The quantitative estimate of drug-likeness (QED) is 0.390. The molecular formula is C23H18ClN3O4S. The summed E-state index contributed by atoms with van der Waals surface area (Å²) in [7, 11) is 0. The van der Waals surface area contributed by atoms with Crippen molar-refractivity contribution in [3.63, 3.8) is 0 Å². The summed E-state index contributed by atoms with van der Waals surface area (Å²) in [5.74, 6) is -0.0139. The first-order chi connectivity index (χ1) is 15.3. The van der Waals surface area contributed by atoms with Crippen LogP contribution in [-0.4, -0.2) is 22.5 Å². The van der Waals surface area contributed by atoms with E-state index in [9.17, 15) is 19.7 Å². The maximum atomic E-state index is 12.6. The van der Waals surface area contributed by atoms with Gasteiger partial charge in [0.05, 0.1) is 21.3 Å². The van der Waals surface area contributed by atoms with Crippen molar-refractivity contribution in [3.05, 3.63) is 98.6 Å². The van der Waals surface area contributed by atoms with Crippen LogP contribution < -0.4 is 10.2 Å². The lowest BCUT2D eigenvalue weighted by Crippen LogP contribution is -2.28. The summed E-state index contributed by atoms with van der Waals surface area (Å²) in [6, 6.07) is 18.7. The number of thioether (sulfide) groups is 1. The largest absolute Gasteiger partial charge is 0.322 e. The summed E-state index contributed by atoms with van der Waals surface area (Å²) >= 11 is 7.60. The van der Waals surface area contributed by atoms with Crippen LogP contribution >= 0.6 is 23.4 Å². The molecule has 1 heterocycles. The summed E-state index contributed by atoms with van der Waals surface area (Å²) in [6.45, 7) is 1.98. The van der Waals surface area contributed by atoms with E-state index in [-0.39, 0.29) is 27.6 Å². The number of amides is 2. The Morgan fingerprint density at radius 2 is 1.88 bits per heavy atom. The Kier molecular flexibility index (Phi) is 6.16. The molecule has 3 aromatic rings. The number of anilines is 2. The van der Waals surface area contributed by atoms with Gasteiger partial charge in [0.15, 0.2) is 0 Å². The molecular weight excluding hydrogens is 450 g/mol. The average molecular weight is 468 g/mol. The molecule has 1 aliphatic heterocycles. The van der Waals surface area contributed by atoms with Crippen molar-refractivity contribution in [1.82, 2.24) is 0 Å². The SMILES string of the molecule is Cc1ccccc1N1C(=O)CS[C@H]1c1ccc(NC(=O)c2ccc([N+](=O)[O-])cc2Cl)cc1. The number of carbonyl (C=O) groups is 2. The van der Waals surface area contributed by atoms with E-state index >= 15 is 0 Å². The van der Waals surface area contributed by atoms with Gasteiger partial charge in [-0.1, -0.05) is 41.9 Å². The minimum absolute atomic E-state index is 0.00283. The van der Waals surface area contributed by atoms with Gasteiger partial charge in [-0.25, -0.2) is 0 Å². The Balaban J connectivity index is 1.52. The zero-order chi connectivity index (χ0) is 22.8. The number of benzene rings is 3. The third-order valence-corrected chi connectivity index (χ3v) is 6.63. The molecule has 0 radical (unpaired) electrons. The van der Waals surface area contributed by atoms with Crippen LogP contribution in [0.5, 0.6) is 0 Å². The fraction of sp³-hybridized carbons (Fsp3) is 0.130. The topological polar surface area (TPSA) is 92.6 Å². The van der Waals surface area contributed by atoms with Crippen LogP contribution in [0.4, 0.5) is 17.1 Å². The number of rotatable bonds is 5. The molecule has 3 aromatic carbocycles. The van der Waals surface area contributed by atoms with E-state index in [2.05, 4.69) is 5.32 Å². The van der Waals surface area contributed by atoms with Gasteiger partial charge in [-0.2, -0.15) is 0 Å². The molecule has 9 heteroatoms. The average Bonchev–Trinajstić information content (AvgIpc) is 3.15. The molecule has 7 nitrogen and oxygen atoms in total. The lowest BCUT2D eigenvalue weighted by Gasteiger charge is -2.26. The molecule has 162 valence electrons. The van der Waals surface area contributed by atoms with Crippen LogP contribution in [0.15, 0.2) is 66.7 Å². The molecule has 1 fully saturated rings. The predicted molar refractivity (Wildman–Crippen MR) is 126 cm³/mol. The number of hydrogen-bond acceptors (Lipinski definition) is 5. The number of carbonyl (C=O) groups excluding carboxylic acids is 2. The van der Waals surface area contributed by atoms with Crippen LogP contribution in [0.1, 0.15) is 26.9 Å². The molecule has 1 saturated heterocycles. The first-order valence-corrected chi connectivity index (χ1v) is 11.1. The molecule has 0 aliphatic carbocycles. The highest BCUT2D eigenvalue weighted by Gasteiger charge is 2.34. The van der Waals surface area contributed by atoms with Crippen molar-refractivity contribution in [1.29, 1.82) is 0 Å². The Hall–Kier alpha value is -3.36. The number of halogens is 1. The molecule has 0 bridgehead atoms. The van der Waals surface area contributed by atoms with E-state index < -0.39 is 10.8 Å². The summed E-state index contributed by atoms with van der Waals surface area (Å²) in [5, 5.41) is 13.4. The van der Waals surface area contributed by atoms with Gasteiger partial charge in [-0.15, -0.1) is 11.8 Å². The first-order valence-electron chi connectivity index (χ1n) is 9.69. The lowest BCUT2D eigenvalue weighted by atomic mass is 10.1. The Morgan fingerprint density at radius 3 is 2.53 bits per heavy atom. The normalized spacial score (nSPS) is 15.6. The molecule has 1 N–H and O–H groups in total. The predicted octanol–water partition coefficient (Wildman–Crippen LogP) is 5.59. The summed E-state index contributed by atoms with van der Waals surface area (Å²) < 4.78 is 0. The summed E-state index contributed by atoms with van der Waals surface area (Å²) in [4.78, 5) is 37.2. The molecule has 32 heavy (non-hydrogen) atoms. The van der Waals surface area contributed by atoms with Gasteiger partial charge in [-0.05, 0) is 42.3 Å². The van der Waals surface area contributed by atoms with E-state index in [0.717, 1.165) is 22.9 Å². The van der Waals surface area contributed by atoms with Gasteiger partial charge < -0.3 is 5.32 Å². The third-order valence-electron chi connectivity index (χ3n) is 5.10. The molecule has 1 aliphatic rings. The van der Waals surface area contributed by atoms with Crippen LogP contribution in [0.2, 0.25) is 5.02 Å². The van der Waals surface area contributed by atoms with Crippen LogP contribution in [-0.2, 0) is 4.79 Å². The van der Waals surface area contributed by atoms with Gasteiger partial charge in [0, 0.05) is 23.5 Å². The summed E-state index contributed by atoms with van der Waals surface area (Å²) in [6.07, 6.45) is 0. The van der Waals surface area contributed by atoms with Crippen LogP contribution in [0, 0.1) is 17.0 Å². The molecule has 0 unspecified atom stereocenters. The second-order valence-electron chi connectivity index (χ2n) is 7.21. The smallest absolute Gasteiger partial charge is 0.270 e. The van der Waals surface area contributed by atoms with Gasteiger partial charge in [0.1, 0.15) is 5.37 Å². The van der Waals surface area contributed by atoms with E-state index in [1.165, 1.54) is 12.1 Å². The second-order valence-corrected chi connectivity index (χ2v) is 8.69. The molecule has 0 saturated carbocycles. The number of nitro benzene ring substituents is 1. The van der Waals surface area contributed by atoms with Crippen molar-refractivity contribution < 1.29 is 14.5 Å². The number of aryl methyl sites for hydroxylation is 1. The number of hydrogen-bond donors (Lipinski definition) is 1. The van der Waals surface area contributed by atoms with Gasteiger partial charge in [0.25, 0.3) is 11.6 Å². The first kappa shape index (κ1) is 21.9. The van der Waals surface area contributed by atoms with Crippen molar-refractivity contribution in [2.75, 3.05) is 16.0 Å². The van der Waals surface area contributed by atoms with Gasteiger partial charge >= 0.3 is 0 Å². The second kappa shape index (κ2) is 9.02. The van der Waals surface area contributed by atoms with Gasteiger partial charge in [-0.3, -0.25) is 24.6 Å². The zero-order valence-electron chi connectivity index (χ0n) is 16.9. The Morgan fingerprint density at radius 1 is 1.16 bits per heavy atom. The van der Waals surface area contributed by atoms with Crippen molar-refractivity contribution in [2.24, 2.45) is 0 Å². The molecule has 0 spiro atoms. The number of nitrogens with one attached hydrogen (secondary N) is 1. The minimum Gasteiger partial charge on any atom is -0.322 e. The van der Waals surface area contributed by atoms with Crippen LogP contribution in [0.25, 0.3) is 0 Å². The minimum atomic E-state index is -0.571. The fourth-order valence-corrected chi connectivity index (χ4v) is 4.93. The Bertz CT molecular complexity index is 1220. The lowest BCUT2D eigenvalue weighted by molar-refractivity contribution is -0.384. The van der Waals surface area contributed by atoms with Crippen molar-refractivity contribution in [2.45, 2.75) is 12.3 Å². The van der Waals surface area contributed by atoms with E-state index in [0.29, 0.717) is 11.4 Å². The summed E-state index contributed by atoms with van der Waals surface area (Å²) in [5.41, 5.74) is 3.36. The van der Waals surface area contributed by atoms with E-state index in [1.807, 2.05) is 48.2 Å². The number of nitro groups is 1. The monoisotopic (exact) mass is 467 g/mol. The van der Waals surface area contributed by atoms with E-state index in [1.54, 1.807) is 23.9 Å². The number of para-hydroxylation sites is 1. The fourth-order valence-electron chi connectivity index (χ4n) is 3.50. The maximum Gasteiger partial charge on any atom is 0.270 e. The Labute approximate surface area is 193 Å². The number of non-ortho nitro benzene ring substituents is 1. The highest BCUT2D eigenvalue weighted by molar-refractivity contribution is 8.00.